The Morgan fingerprint density at radius 1 is 1.40 bits per heavy atom. The summed E-state index contributed by atoms with van der Waals surface area (Å²) < 4.78 is 2.19. The first-order valence-electron chi connectivity index (χ1n) is 8.23. The monoisotopic (exact) mass is 278 g/mol. The molecular weight excluding hydrogens is 248 g/mol. The second-order valence-electron chi connectivity index (χ2n) is 6.40. The Bertz CT molecular complexity index is 382. The Balaban J connectivity index is 1.90. The summed E-state index contributed by atoms with van der Waals surface area (Å²) in [6.07, 6.45) is 12.1. The molecule has 0 aliphatic heterocycles. The molecule has 1 aromatic rings. The van der Waals surface area contributed by atoms with Crippen molar-refractivity contribution in [3.8, 4) is 0 Å². The summed E-state index contributed by atoms with van der Waals surface area (Å²) in [6.45, 7) is 4.51. The van der Waals surface area contributed by atoms with E-state index >= 15 is 0 Å². The highest BCUT2D eigenvalue weighted by Crippen LogP contribution is 2.27. The fourth-order valence-electron chi connectivity index (χ4n) is 3.15. The molecule has 1 aliphatic rings. The van der Waals surface area contributed by atoms with Gasteiger partial charge in [0.1, 0.15) is 0 Å². The molecule has 0 saturated heterocycles. The molecule has 2 rings (SSSR count). The fourth-order valence-corrected chi connectivity index (χ4v) is 3.15. The van der Waals surface area contributed by atoms with Gasteiger partial charge in [-0.05, 0) is 31.2 Å². The number of nitrogens with zero attached hydrogens (tertiary/aromatic N) is 2. The number of nitrogens with two attached hydrogens (primary N) is 1. The summed E-state index contributed by atoms with van der Waals surface area (Å²) >= 11 is 0. The lowest BCUT2D eigenvalue weighted by Gasteiger charge is -2.22. The minimum atomic E-state index is 0.333. The zero-order valence-corrected chi connectivity index (χ0v) is 13.0. The molecule has 3 N–H and O–H groups in total. The number of nitrogens with one attached hydrogen (secondary N) is 1. The van der Waals surface area contributed by atoms with E-state index in [1.54, 1.807) is 0 Å². The number of hydrogen-bond donors (Lipinski definition) is 2. The van der Waals surface area contributed by atoms with Gasteiger partial charge in [0.2, 0.25) is 0 Å². The molecule has 1 saturated carbocycles. The van der Waals surface area contributed by atoms with Crippen LogP contribution < -0.4 is 11.3 Å². The van der Waals surface area contributed by atoms with Crippen molar-refractivity contribution in [2.24, 2.45) is 11.8 Å². The molecule has 0 radical (unpaired) electrons. The average molecular weight is 278 g/mol. The standard InChI is InChI=1S/C16H30N4/c1-3-13(2)11-15(18-17)12-14-9-10-20(19-14)16-7-5-4-6-8-16/h9-10,13,15-16,18H,3-8,11-12,17H2,1-2H3. The molecule has 2 atom stereocenters. The Morgan fingerprint density at radius 3 is 2.80 bits per heavy atom. The van der Waals surface area contributed by atoms with Crippen molar-refractivity contribution in [1.82, 2.24) is 15.2 Å². The molecule has 0 amide bonds. The van der Waals surface area contributed by atoms with Gasteiger partial charge < -0.3 is 0 Å². The normalized spacial score (nSPS) is 19.9. The van der Waals surface area contributed by atoms with Crippen molar-refractivity contribution < 1.29 is 0 Å². The minimum absolute atomic E-state index is 0.333. The highest BCUT2D eigenvalue weighted by atomic mass is 15.3. The SMILES string of the molecule is CCC(C)CC(Cc1ccn(C2CCCCC2)n1)NN. The van der Waals surface area contributed by atoms with Crippen LogP contribution in [0.5, 0.6) is 0 Å². The van der Waals surface area contributed by atoms with Crippen molar-refractivity contribution in [3.63, 3.8) is 0 Å². The second-order valence-corrected chi connectivity index (χ2v) is 6.40. The van der Waals surface area contributed by atoms with Crippen LogP contribution in [0.25, 0.3) is 0 Å². The van der Waals surface area contributed by atoms with Gasteiger partial charge in [0.15, 0.2) is 0 Å². The van der Waals surface area contributed by atoms with Crippen LogP contribution in [-0.2, 0) is 6.42 Å². The van der Waals surface area contributed by atoms with Crippen LogP contribution in [0.2, 0.25) is 0 Å². The van der Waals surface area contributed by atoms with E-state index in [0.29, 0.717) is 18.0 Å². The van der Waals surface area contributed by atoms with E-state index in [4.69, 9.17) is 10.9 Å². The number of hydrazine groups is 1. The van der Waals surface area contributed by atoms with Gasteiger partial charge in [-0.2, -0.15) is 5.10 Å². The van der Waals surface area contributed by atoms with E-state index in [9.17, 15) is 0 Å². The lowest BCUT2D eigenvalue weighted by atomic mass is 9.96. The largest absolute Gasteiger partial charge is 0.271 e. The topological polar surface area (TPSA) is 55.9 Å². The molecule has 1 aliphatic carbocycles. The van der Waals surface area contributed by atoms with Gasteiger partial charge in [-0.15, -0.1) is 0 Å². The third-order valence-corrected chi connectivity index (χ3v) is 4.69. The quantitative estimate of drug-likeness (QED) is 0.595. The Morgan fingerprint density at radius 2 is 2.15 bits per heavy atom. The Kier molecular flexibility index (Phi) is 6.05. The molecule has 114 valence electrons. The summed E-state index contributed by atoms with van der Waals surface area (Å²) in [5, 5.41) is 4.78. The van der Waals surface area contributed by atoms with Gasteiger partial charge in [-0.1, -0.05) is 39.5 Å². The number of rotatable bonds is 7. The van der Waals surface area contributed by atoms with Crippen LogP contribution in [0.15, 0.2) is 12.3 Å². The molecule has 4 nitrogen and oxygen atoms in total. The Hall–Kier alpha value is -0.870. The van der Waals surface area contributed by atoms with Gasteiger partial charge in [0.05, 0.1) is 11.7 Å². The van der Waals surface area contributed by atoms with Gasteiger partial charge in [-0.3, -0.25) is 16.0 Å². The van der Waals surface area contributed by atoms with Crippen LogP contribution >= 0.6 is 0 Å². The highest BCUT2D eigenvalue weighted by molar-refractivity contribution is 5.02. The van der Waals surface area contributed by atoms with Crippen molar-refractivity contribution in [2.75, 3.05) is 0 Å². The van der Waals surface area contributed by atoms with E-state index < -0.39 is 0 Å². The Labute approximate surface area is 123 Å². The molecule has 0 spiro atoms. The van der Waals surface area contributed by atoms with Crippen LogP contribution in [0.4, 0.5) is 0 Å². The molecule has 1 heterocycles. The zero-order chi connectivity index (χ0) is 14.4. The summed E-state index contributed by atoms with van der Waals surface area (Å²) in [5.41, 5.74) is 4.12. The lowest BCUT2D eigenvalue weighted by molar-refractivity contribution is 0.326. The smallest absolute Gasteiger partial charge is 0.0640 e. The maximum Gasteiger partial charge on any atom is 0.0640 e. The molecule has 0 aromatic carbocycles. The van der Waals surface area contributed by atoms with Crippen LogP contribution in [-0.4, -0.2) is 15.8 Å². The predicted octanol–water partition coefficient (Wildman–Crippen LogP) is 3.20. The van der Waals surface area contributed by atoms with Crippen molar-refractivity contribution in [1.29, 1.82) is 0 Å². The van der Waals surface area contributed by atoms with E-state index in [1.807, 2.05) is 0 Å². The second kappa shape index (κ2) is 7.79. The number of hydrogen-bond acceptors (Lipinski definition) is 3. The van der Waals surface area contributed by atoms with Crippen LogP contribution in [0.3, 0.4) is 0 Å². The van der Waals surface area contributed by atoms with E-state index in [0.717, 1.165) is 12.8 Å². The highest BCUT2D eigenvalue weighted by Gasteiger charge is 2.17. The maximum atomic E-state index is 5.69. The van der Waals surface area contributed by atoms with Crippen LogP contribution in [0, 0.1) is 5.92 Å². The third kappa shape index (κ3) is 4.32. The maximum absolute atomic E-state index is 5.69. The molecule has 0 bridgehead atoms. The lowest BCUT2D eigenvalue weighted by Crippen LogP contribution is -2.38. The van der Waals surface area contributed by atoms with E-state index in [2.05, 4.69) is 36.2 Å². The first-order valence-corrected chi connectivity index (χ1v) is 8.23. The third-order valence-electron chi connectivity index (χ3n) is 4.69. The molecular formula is C16H30N4. The predicted molar refractivity (Wildman–Crippen MR) is 83.2 cm³/mol. The van der Waals surface area contributed by atoms with Crippen molar-refractivity contribution in [2.45, 2.75) is 77.3 Å². The van der Waals surface area contributed by atoms with Crippen LogP contribution in [0.1, 0.15) is 70.5 Å². The average Bonchev–Trinajstić information content (AvgIpc) is 2.95. The van der Waals surface area contributed by atoms with Gasteiger partial charge >= 0.3 is 0 Å². The van der Waals surface area contributed by atoms with Gasteiger partial charge in [0, 0.05) is 18.7 Å². The molecule has 4 heteroatoms. The van der Waals surface area contributed by atoms with Gasteiger partial charge in [-0.25, -0.2) is 0 Å². The fraction of sp³-hybridized carbons (Fsp3) is 0.812. The summed E-state index contributed by atoms with van der Waals surface area (Å²) in [5.74, 6) is 6.39. The number of aromatic nitrogens is 2. The molecule has 1 fully saturated rings. The van der Waals surface area contributed by atoms with Gasteiger partial charge in [0.25, 0.3) is 0 Å². The minimum Gasteiger partial charge on any atom is -0.271 e. The van der Waals surface area contributed by atoms with Crippen molar-refractivity contribution >= 4 is 0 Å². The summed E-state index contributed by atoms with van der Waals surface area (Å²) in [6, 6.07) is 3.12. The summed E-state index contributed by atoms with van der Waals surface area (Å²) in [4.78, 5) is 0. The van der Waals surface area contributed by atoms with E-state index in [1.165, 1.54) is 44.2 Å². The first kappa shape index (κ1) is 15.5. The van der Waals surface area contributed by atoms with Crippen molar-refractivity contribution in [3.05, 3.63) is 18.0 Å². The molecule has 2 unspecified atom stereocenters. The zero-order valence-electron chi connectivity index (χ0n) is 13.0. The molecule has 20 heavy (non-hydrogen) atoms. The summed E-state index contributed by atoms with van der Waals surface area (Å²) in [7, 11) is 0. The molecule has 1 aromatic heterocycles. The van der Waals surface area contributed by atoms with E-state index in [-0.39, 0.29) is 0 Å². The first-order chi connectivity index (χ1) is 9.72.